The van der Waals surface area contributed by atoms with Crippen molar-refractivity contribution >= 4 is 18.0 Å². The Kier molecular flexibility index (Phi) is 11.7. The molecule has 46 heavy (non-hydrogen) atoms. The summed E-state index contributed by atoms with van der Waals surface area (Å²) >= 11 is 0. The molecular weight excluding hydrogens is 602 g/mol. The number of carbonyl (C=O) groups excluding carboxylic acids is 3. The van der Waals surface area contributed by atoms with Gasteiger partial charge < -0.3 is 29.0 Å². The maximum Gasteiger partial charge on any atom is 0.407 e. The molecule has 248 valence electrons. The number of aromatic nitrogens is 1. The monoisotopic (exact) mass is 642 g/mol. The van der Waals surface area contributed by atoms with Crippen LogP contribution in [0.15, 0.2) is 48.5 Å². The molecule has 10 nitrogen and oxygen atoms in total. The fourth-order valence-corrected chi connectivity index (χ4v) is 4.08. The van der Waals surface area contributed by atoms with Crippen molar-refractivity contribution in [2.45, 2.75) is 85.2 Å². The van der Waals surface area contributed by atoms with Crippen molar-refractivity contribution in [2.75, 3.05) is 7.11 Å². The molecule has 12 heteroatoms. The molecule has 0 bridgehead atoms. The zero-order valence-electron chi connectivity index (χ0n) is 27.3. The molecule has 2 aromatic carbocycles. The van der Waals surface area contributed by atoms with Crippen LogP contribution in [0.25, 0.3) is 11.1 Å². The number of carbonyl (C=O) groups is 3. The lowest BCUT2D eigenvalue weighted by atomic mass is 9.99. The van der Waals surface area contributed by atoms with Crippen LogP contribution in [0.3, 0.4) is 0 Å². The summed E-state index contributed by atoms with van der Waals surface area (Å²) in [6.45, 7) is 12.2. The zero-order chi connectivity index (χ0) is 34.2. The summed E-state index contributed by atoms with van der Waals surface area (Å²) in [5.74, 6) is -4.69. The predicted molar refractivity (Wildman–Crippen MR) is 165 cm³/mol. The molecule has 0 saturated heterocycles. The summed E-state index contributed by atoms with van der Waals surface area (Å²) < 4.78 is 56.3. The van der Waals surface area contributed by atoms with Gasteiger partial charge in [0.25, 0.3) is 11.8 Å². The number of halogens is 2. The van der Waals surface area contributed by atoms with Crippen LogP contribution in [0.1, 0.15) is 66.0 Å². The van der Waals surface area contributed by atoms with Crippen LogP contribution in [0.5, 0.6) is 17.5 Å². The number of amides is 1. The second-order valence-corrected chi connectivity index (χ2v) is 12.4. The van der Waals surface area contributed by atoms with Crippen molar-refractivity contribution < 1.29 is 46.8 Å². The molecule has 0 aliphatic rings. The van der Waals surface area contributed by atoms with E-state index in [0.717, 1.165) is 5.56 Å². The smallest absolute Gasteiger partial charge is 0.407 e. The summed E-state index contributed by atoms with van der Waals surface area (Å²) in [6.07, 6.45) is -1.76. The molecule has 0 fully saturated rings. The first-order valence-electron chi connectivity index (χ1n) is 14.7. The largest absolute Gasteiger partial charge is 0.469 e. The number of nitrogens with one attached hydrogen (secondary N) is 1. The van der Waals surface area contributed by atoms with Gasteiger partial charge in [-0.05, 0) is 88.4 Å². The molecule has 0 radical (unpaired) electrons. The molecule has 3 aromatic rings. The van der Waals surface area contributed by atoms with Gasteiger partial charge in [0.15, 0.2) is 17.7 Å². The van der Waals surface area contributed by atoms with E-state index < -0.39 is 58.7 Å². The van der Waals surface area contributed by atoms with E-state index in [1.54, 1.807) is 66.7 Å². The van der Waals surface area contributed by atoms with Gasteiger partial charge in [-0.3, -0.25) is 4.79 Å². The minimum atomic E-state index is -1.20. The lowest BCUT2D eigenvalue weighted by Crippen LogP contribution is -2.35. The Hall–Kier alpha value is -4.74. The first-order chi connectivity index (χ1) is 21.5. The summed E-state index contributed by atoms with van der Waals surface area (Å²) in [5.41, 5.74) is 1.06. The van der Waals surface area contributed by atoms with Crippen LogP contribution < -0.4 is 14.8 Å². The summed E-state index contributed by atoms with van der Waals surface area (Å²) in [5, 5.41) is 2.71. The molecule has 0 saturated carbocycles. The average molecular weight is 643 g/mol. The van der Waals surface area contributed by atoms with Crippen molar-refractivity contribution in [3.05, 3.63) is 71.3 Å². The van der Waals surface area contributed by atoms with Gasteiger partial charge in [-0.15, -0.1) is 0 Å². The highest BCUT2D eigenvalue weighted by Gasteiger charge is 2.28. The van der Waals surface area contributed by atoms with Crippen molar-refractivity contribution in [3.8, 4) is 28.6 Å². The Bertz CT molecular complexity index is 1560. The first-order valence-corrected chi connectivity index (χ1v) is 14.7. The van der Waals surface area contributed by atoms with E-state index in [1.165, 1.54) is 13.2 Å². The normalized spacial score (nSPS) is 12.1. The quantitative estimate of drug-likeness (QED) is 0.173. The number of hydrogen-bond donors (Lipinski definition) is 1. The number of rotatable bonds is 11. The topological polar surface area (TPSA) is 122 Å². The fourth-order valence-electron chi connectivity index (χ4n) is 4.08. The van der Waals surface area contributed by atoms with Crippen LogP contribution in [0, 0.1) is 11.6 Å². The second kappa shape index (κ2) is 15.0. The van der Waals surface area contributed by atoms with Gasteiger partial charge in [-0.25, -0.2) is 18.4 Å². The Labute approximate surface area is 267 Å². The van der Waals surface area contributed by atoms with Crippen LogP contribution in [0.2, 0.25) is 0 Å². The van der Waals surface area contributed by atoms with Gasteiger partial charge in [0.1, 0.15) is 17.0 Å². The number of esters is 2. The number of hydrogen-bond acceptors (Lipinski definition) is 9. The summed E-state index contributed by atoms with van der Waals surface area (Å²) in [4.78, 5) is 40.7. The highest BCUT2D eigenvalue weighted by Crippen LogP contribution is 2.32. The van der Waals surface area contributed by atoms with E-state index in [0.29, 0.717) is 22.8 Å². The molecule has 0 unspecified atom stereocenters. The van der Waals surface area contributed by atoms with E-state index in [2.05, 4.69) is 10.3 Å². The molecule has 0 aliphatic carbocycles. The van der Waals surface area contributed by atoms with Gasteiger partial charge >= 0.3 is 18.0 Å². The summed E-state index contributed by atoms with van der Waals surface area (Å²) in [7, 11) is 1.25. The van der Waals surface area contributed by atoms with Gasteiger partial charge in [0.2, 0.25) is 0 Å². The van der Waals surface area contributed by atoms with Crippen LogP contribution in [0.4, 0.5) is 13.6 Å². The standard InChI is InChI=1S/C34H40F2N2O8/c1-9-27(31(40)45-33(2,3)4)44-30-26(36)18-25(35)29(38-30)43-24-15-21(16-28(39)42-8)14-23(17-24)22-12-10-11-20(13-22)19-37-32(41)46-34(5,6)7/h10-15,17-18,27H,9,16,19H2,1-8H3,(H,37,41)/t27-/m1/s1. The first kappa shape index (κ1) is 35.7. The van der Waals surface area contributed by atoms with E-state index in [4.69, 9.17) is 23.7 Å². The predicted octanol–water partition coefficient (Wildman–Crippen LogP) is 7.06. The van der Waals surface area contributed by atoms with Gasteiger partial charge in [0.05, 0.1) is 13.5 Å². The Morgan fingerprint density at radius 1 is 0.848 bits per heavy atom. The van der Waals surface area contributed by atoms with E-state index >= 15 is 0 Å². The van der Waals surface area contributed by atoms with E-state index in [-0.39, 0.29) is 25.1 Å². The number of pyridine rings is 1. The summed E-state index contributed by atoms with van der Waals surface area (Å²) in [6, 6.07) is 12.6. The number of nitrogens with zero attached hydrogens (tertiary/aromatic N) is 1. The van der Waals surface area contributed by atoms with Crippen molar-refractivity contribution in [1.82, 2.24) is 10.3 Å². The number of ether oxygens (including phenoxy) is 5. The van der Waals surface area contributed by atoms with Gasteiger partial charge in [-0.1, -0.05) is 31.2 Å². The molecule has 0 spiro atoms. The van der Waals surface area contributed by atoms with Crippen molar-refractivity contribution in [2.24, 2.45) is 0 Å². The minimum absolute atomic E-state index is 0.0804. The van der Waals surface area contributed by atoms with Crippen LogP contribution >= 0.6 is 0 Å². The Morgan fingerprint density at radius 2 is 1.50 bits per heavy atom. The third-order valence-corrected chi connectivity index (χ3v) is 6.01. The van der Waals surface area contributed by atoms with Crippen LogP contribution in [-0.4, -0.2) is 47.4 Å². The molecule has 3 rings (SSSR count). The van der Waals surface area contributed by atoms with Crippen molar-refractivity contribution in [1.29, 1.82) is 0 Å². The molecule has 1 atom stereocenters. The fraction of sp³-hybridized carbons (Fsp3) is 0.412. The van der Waals surface area contributed by atoms with Crippen LogP contribution in [-0.2, 0) is 36.8 Å². The minimum Gasteiger partial charge on any atom is -0.469 e. The zero-order valence-corrected chi connectivity index (χ0v) is 27.3. The van der Waals surface area contributed by atoms with Gasteiger partial charge in [0, 0.05) is 12.6 Å². The Morgan fingerprint density at radius 3 is 2.13 bits per heavy atom. The number of alkyl carbamates (subject to hydrolysis) is 1. The highest BCUT2D eigenvalue weighted by molar-refractivity contribution is 5.76. The average Bonchev–Trinajstić information content (AvgIpc) is 2.95. The lowest BCUT2D eigenvalue weighted by Gasteiger charge is -2.23. The third kappa shape index (κ3) is 11.0. The Balaban J connectivity index is 1.93. The molecule has 1 amide bonds. The van der Waals surface area contributed by atoms with E-state index in [9.17, 15) is 23.2 Å². The highest BCUT2D eigenvalue weighted by atomic mass is 19.1. The molecule has 1 heterocycles. The second-order valence-electron chi connectivity index (χ2n) is 12.4. The number of methoxy groups -OCH3 is 1. The van der Waals surface area contributed by atoms with Gasteiger partial charge in [-0.2, -0.15) is 4.98 Å². The van der Waals surface area contributed by atoms with Crippen molar-refractivity contribution in [3.63, 3.8) is 0 Å². The molecule has 1 N–H and O–H groups in total. The number of benzene rings is 2. The third-order valence-electron chi connectivity index (χ3n) is 6.01. The molecule has 1 aromatic heterocycles. The van der Waals surface area contributed by atoms with E-state index in [1.807, 2.05) is 18.2 Å². The SMILES string of the molecule is CC[C@@H](Oc1nc(Oc2cc(CC(=O)OC)cc(-c3cccc(CNC(=O)OC(C)(C)C)c3)c2)c(F)cc1F)C(=O)OC(C)(C)C. The lowest BCUT2D eigenvalue weighted by molar-refractivity contribution is -0.163. The maximum atomic E-state index is 14.9. The molecular formula is C34H40F2N2O8. The molecule has 0 aliphatic heterocycles. The maximum absolute atomic E-state index is 14.9.